The smallest absolute Gasteiger partial charge is 0.303 e. The molecule has 0 aromatic rings. The van der Waals surface area contributed by atoms with Gasteiger partial charge in [0.25, 0.3) is 0 Å². The van der Waals surface area contributed by atoms with Crippen LogP contribution in [0.4, 0.5) is 0 Å². The minimum atomic E-state index is -0.241. The van der Waals surface area contributed by atoms with Crippen molar-refractivity contribution in [2.45, 2.75) is 33.3 Å². The first kappa shape index (κ1) is 9.21. The Labute approximate surface area is 61.9 Å². The van der Waals surface area contributed by atoms with E-state index in [0.717, 1.165) is 12.0 Å². The highest BCUT2D eigenvalue weighted by atomic mass is 16.5. The van der Waals surface area contributed by atoms with Crippen LogP contribution in [0.15, 0.2) is 12.2 Å². The Morgan fingerprint density at radius 1 is 1.60 bits per heavy atom. The monoisotopic (exact) mass is 142 g/mol. The minimum absolute atomic E-state index is 0.0995. The van der Waals surface area contributed by atoms with E-state index < -0.39 is 0 Å². The van der Waals surface area contributed by atoms with Crippen molar-refractivity contribution in [3.8, 4) is 0 Å². The largest absolute Gasteiger partial charge is 0.458 e. The van der Waals surface area contributed by atoms with E-state index in [-0.39, 0.29) is 12.1 Å². The summed E-state index contributed by atoms with van der Waals surface area (Å²) in [6, 6.07) is 0. The first-order valence-corrected chi connectivity index (χ1v) is 3.40. The molecule has 0 N–H and O–H groups in total. The Morgan fingerprint density at radius 3 is 2.20 bits per heavy atom. The molecule has 0 aromatic heterocycles. The van der Waals surface area contributed by atoms with Gasteiger partial charge in [-0.2, -0.15) is 0 Å². The number of hydrogen-bond donors (Lipinski definition) is 0. The van der Waals surface area contributed by atoms with Gasteiger partial charge < -0.3 is 4.74 Å². The van der Waals surface area contributed by atoms with Crippen LogP contribution in [0.3, 0.4) is 0 Å². The van der Waals surface area contributed by atoms with Crippen LogP contribution >= 0.6 is 0 Å². The zero-order chi connectivity index (χ0) is 8.15. The molecule has 58 valence electrons. The molecule has 2 heteroatoms. The number of carbonyl (C=O) groups is 1. The maximum absolute atomic E-state index is 10.5. The Hall–Kier alpha value is -0.790. The fraction of sp³-hybridized carbons (Fsp3) is 0.625. The molecule has 1 atom stereocenters. The van der Waals surface area contributed by atoms with E-state index >= 15 is 0 Å². The summed E-state index contributed by atoms with van der Waals surface area (Å²) in [7, 11) is 0. The van der Waals surface area contributed by atoms with Crippen LogP contribution < -0.4 is 0 Å². The van der Waals surface area contributed by atoms with Crippen LogP contribution in [0.25, 0.3) is 0 Å². The van der Waals surface area contributed by atoms with Gasteiger partial charge >= 0.3 is 5.97 Å². The molecule has 0 amide bonds. The van der Waals surface area contributed by atoms with Crippen LogP contribution in [0.1, 0.15) is 27.2 Å². The summed E-state index contributed by atoms with van der Waals surface area (Å²) in [6.45, 7) is 8.93. The van der Waals surface area contributed by atoms with Crippen LogP contribution in [0.5, 0.6) is 0 Å². The van der Waals surface area contributed by atoms with Crippen molar-refractivity contribution in [1.29, 1.82) is 0 Å². The summed E-state index contributed by atoms with van der Waals surface area (Å²) in [5, 5.41) is 0. The summed E-state index contributed by atoms with van der Waals surface area (Å²) in [4.78, 5) is 10.5. The molecule has 0 spiro atoms. The zero-order valence-electron chi connectivity index (χ0n) is 6.81. The maximum Gasteiger partial charge on any atom is 0.303 e. The Kier molecular flexibility index (Phi) is 3.77. The molecule has 0 bridgehead atoms. The first-order chi connectivity index (χ1) is 4.57. The van der Waals surface area contributed by atoms with E-state index in [1.165, 1.54) is 6.92 Å². The van der Waals surface area contributed by atoms with E-state index in [4.69, 9.17) is 4.74 Å². The van der Waals surface area contributed by atoms with Gasteiger partial charge in [-0.1, -0.05) is 13.5 Å². The Bertz CT molecular complexity index is 138. The lowest BCUT2D eigenvalue weighted by molar-refractivity contribution is -0.144. The van der Waals surface area contributed by atoms with Crippen molar-refractivity contribution in [3.05, 3.63) is 12.2 Å². The molecule has 0 saturated heterocycles. The number of ether oxygens (including phenoxy) is 1. The van der Waals surface area contributed by atoms with Gasteiger partial charge in [-0.25, -0.2) is 0 Å². The lowest BCUT2D eigenvalue weighted by atomic mass is 10.1. The molecule has 0 aliphatic heterocycles. The molecule has 0 fully saturated rings. The second-order valence-electron chi connectivity index (χ2n) is 2.35. The number of esters is 1. The molecular weight excluding hydrogens is 128 g/mol. The van der Waals surface area contributed by atoms with Crippen LogP contribution in [0.2, 0.25) is 0 Å². The molecule has 0 rings (SSSR count). The third-order valence-electron chi connectivity index (χ3n) is 1.23. The van der Waals surface area contributed by atoms with E-state index in [1.54, 1.807) is 0 Å². The van der Waals surface area contributed by atoms with Gasteiger partial charge in [0.1, 0.15) is 6.10 Å². The SMILES string of the molecule is C=C(C)C(CC)OC(C)=O. The summed E-state index contributed by atoms with van der Waals surface area (Å²) in [5.74, 6) is -0.241. The highest BCUT2D eigenvalue weighted by Gasteiger charge is 2.08. The second-order valence-corrected chi connectivity index (χ2v) is 2.35. The fourth-order valence-corrected chi connectivity index (χ4v) is 0.733. The quantitative estimate of drug-likeness (QED) is 0.444. The van der Waals surface area contributed by atoms with Gasteiger partial charge in [0.2, 0.25) is 0 Å². The Morgan fingerprint density at radius 2 is 2.10 bits per heavy atom. The summed E-state index contributed by atoms with van der Waals surface area (Å²) < 4.78 is 4.92. The Balaban J connectivity index is 3.83. The summed E-state index contributed by atoms with van der Waals surface area (Å²) in [5.41, 5.74) is 0.901. The van der Waals surface area contributed by atoms with Gasteiger partial charge in [0.15, 0.2) is 0 Å². The average Bonchev–Trinajstić information content (AvgIpc) is 1.81. The maximum atomic E-state index is 10.5. The molecule has 0 radical (unpaired) electrons. The second kappa shape index (κ2) is 4.09. The molecule has 0 aromatic carbocycles. The lowest BCUT2D eigenvalue weighted by Gasteiger charge is -2.13. The third kappa shape index (κ3) is 3.28. The van der Waals surface area contributed by atoms with Crippen LogP contribution in [-0.2, 0) is 9.53 Å². The first-order valence-electron chi connectivity index (χ1n) is 3.40. The van der Waals surface area contributed by atoms with Crippen molar-refractivity contribution < 1.29 is 9.53 Å². The molecule has 10 heavy (non-hydrogen) atoms. The van der Waals surface area contributed by atoms with E-state index in [1.807, 2.05) is 13.8 Å². The van der Waals surface area contributed by atoms with Crippen LogP contribution in [0, 0.1) is 0 Å². The molecule has 2 nitrogen and oxygen atoms in total. The molecule has 1 unspecified atom stereocenters. The molecule has 0 aliphatic rings. The predicted molar refractivity (Wildman–Crippen MR) is 40.7 cm³/mol. The normalized spacial score (nSPS) is 12.3. The van der Waals surface area contributed by atoms with E-state index in [0.29, 0.717) is 0 Å². The van der Waals surface area contributed by atoms with Gasteiger partial charge in [-0.05, 0) is 18.9 Å². The summed E-state index contributed by atoms with van der Waals surface area (Å²) >= 11 is 0. The van der Waals surface area contributed by atoms with E-state index in [9.17, 15) is 4.79 Å². The van der Waals surface area contributed by atoms with Gasteiger partial charge in [0, 0.05) is 6.92 Å². The number of carbonyl (C=O) groups excluding carboxylic acids is 1. The fourth-order valence-electron chi connectivity index (χ4n) is 0.733. The third-order valence-corrected chi connectivity index (χ3v) is 1.23. The number of rotatable bonds is 3. The highest BCUT2D eigenvalue weighted by Crippen LogP contribution is 2.07. The number of hydrogen-bond acceptors (Lipinski definition) is 2. The molecule has 0 aliphatic carbocycles. The topological polar surface area (TPSA) is 26.3 Å². The van der Waals surface area contributed by atoms with Crippen LogP contribution in [-0.4, -0.2) is 12.1 Å². The van der Waals surface area contributed by atoms with E-state index in [2.05, 4.69) is 6.58 Å². The van der Waals surface area contributed by atoms with Crippen molar-refractivity contribution >= 4 is 5.97 Å². The van der Waals surface area contributed by atoms with Crippen molar-refractivity contribution in [2.24, 2.45) is 0 Å². The molecular formula is C8H14O2. The van der Waals surface area contributed by atoms with Crippen molar-refractivity contribution in [3.63, 3.8) is 0 Å². The lowest BCUT2D eigenvalue weighted by Crippen LogP contribution is -2.15. The van der Waals surface area contributed by atoms with Gasteiger partial charge in [0.05, 0.1) is 0 Å². The minimum Gasteiger partial charge on any atom is -0.458 e. The standard InChI is InChI=1S/C8H14O2/c1-5-8(6(2)3)10-7(4)9/h8H,2,5H2,1,3-4H3. The highest BCUT2D eigenvalue weighted by molar-refractivity contribution is 5.66. The molecule has 0 heterocycles. The van der Waals surface area contributed by atoms with Crippen molar-refractivity contribution in [2.75, 3.05) is 0 Å². The zero-order valence-corrected chi connectivity index (χ0v) is 6.81. The van der Waals surface area contributed by atoms with Gasteiger partial charge in [-0.3, -0.25) is 4.79 Å². The van der Waals surface area contributed by atoms with Crippen molar-refractivity contribution in [1.82, 2.24) is 0 Å². The summed E-state index contributed by atoms with van der Waals surface area (Å²) in [6.07, 6.45) is 0.701. The predicted octanol–water partition coefficient (Wildman–Crippen LogP) is 1.90. The average molecular weight is 142 g/mol. The molecule has 0 saturated carbocycles. The van der Waals surface area contributed by atoms with Gasteiger partial charge in [-0.15, -0.1) is 0 Å².